The first-order chi connectivity index (χ1) is 12.8. The third kappa shape index (κ3) is 2.19. The van der Waals surface area contributed by atoms with Crippen molar-refractivity contribution in [3.05, 3.63) is 18.2 Å². The maximum atomic E-state index is 12.1. The number of H-pyrrole nitrogens is 1. The Morgan fingerprint density at radius 1 is 1.04 bits per heavy atom. The molecule has 9 atom stereocenters. The smallest absolute Gasteiger partial charge is 0.0921 e. The highest BCUT2D eigenvalue weighted by atomic mass is 16.3. The summed E-state index contributed by atoms with van der Waals surface area (Å²) in [6, 6.07) is 0. The van der Waals surface area contributed by atoms with E-state index in [9.17, 15) is 15.3 Å². The van der Waals surface area contributed by atoms with E-state index >= 15 is 0 Å². The van der Waals surface area contributed by atoms with Crippen LogP contribution in [0.4, 0.5) is 0 Å². The van der Waals surface area contributed by atoms with Gasteiger partial charge >= 0.3 is 0 Å². The molecule has 0 amide bonds. The summed E-state index contributed by atoms with van der Waals surface area (Å²) in [5, 5.41) is 33.7. The van der Waals surface area contributed by atoms with Crippen molar-refractivity contribution in [1.82, 2.24) is 9.97 Å². The van der Waals surface area contributed by atoms with Crippen LogP contribution in [0.15, 0.2) is 12.5 Å². The van der Waals surface area contributed by atoms with Crippen LogP contribution in [0.1, 0.15) is 76.8 Å². The van der Waals surface area contributed by atoms with Gasteiger partial charge in [-0.3, -0.25) is 0 Å². The average Bonchev–Trinajstić information content (AvgIpc) is 3.24. The Balaban J connectivity index is 1.53. The minimum atomic E-state index is -0.824. The fraction of sp³-hybridized carbons (Fsp3) is 0.864. The normalized spacial score (nSPS) is 54.9. The molecule has 4 aliphatic rings. The maximum Gasteiger partial charge on any atom is 0.0921 e. The molecule has 0 aromatic carbocycles. The van der Waals surface area contributed by atoms with Gasteiger partial charge < -0.3 is 20.3 Å². The third-order valence-corrected chi connectivity index (χ3v) is 9.81. The summed E-state index contributed by atoms with van der Waals surface area (Å²) in [5.41, 5.74) is -0.175. The number of aliphatic hydroxyl groups is 3. The number of hydrogen-bond donors (Lipinski definition) is 4. The van der Waals surface area contributed by atoms with Gasteiger partial charge in [0.25, 0.3) is 0 Å². The molecule has 0 saturated heterocycles. The molecule has 4 aliphatic carbocycles. The van der Waals surface area contributed by atoms with E-state index in [4.69, 9.17) is 0 Å². The van der Waals surface area contributed by atoms with Crippen LogP contribution in [0.5, 0.6) is 0 Å². The largest absolute Gasteiger partial charge is 0.393 e. The molecule has 4 fully saturated rings. The summed E-state index contributed by atoms with van der Waals surface area (Å²) in [7, 11) is 0. The summed E-state index contributed by atoms with van der Waals surface area (Å²) < 4.78 is 0. The van der Waals surface area contributed by atoms with Gasteiger partial charge in [0, 0.05) is 23.2 Å². The van der Waals surface area contributed by atoms with E-state index in [1.165, 1.54) is 0 Å². The Morgan fingerprint density at radius 2 is 1.85 bits per heavy atom. The number of aliphatic hydroxyl groups excluding tert-OH is 2. The van der Waals surface area contributed by atoms with Crippen LogP contribution < -0.4 is 0 Å². The van der Waals surface area contributed by atoms with Crippen molar-refractivity contribution >= 4 is 0 Å². The minimum Gasteiger partial charge on any atom is -0.393 e. The molecule has 5 heteroatoms. The molecule has 5 rings (SSSR count). The monoisotopic (exact) mass is 374 g/mol. The van der Waals surface area contributed by atoms with Crippen LogP contribution >= 0.6 is 0 Å². The molecule has 4 saturated carbocycles. The molecule has 150 valence electrons. The molecule has 2 unspecified atom stereocenters. The number of nitrogens with one attached hydrogen (secondary N) is 1. The Labute approximate surface area is 161 Å². The van der Waals surface area contributed by atoms with E-state index in [2.05, 4.69) is 23.8 Å². The lowest BCUT2D eigenvalue weighted by Gasteiger charge is -2.64. The van der Waals surface area contributed by atoms with Crippen molar-refractivity contribution in [1.29, 1.82) is 0 Å². The molecular weight excluding hydrogens is 340 g/mol. The third-order valence-electron chi connectivity index (χ3n) is 9.81. The Kier molecular flexibility index (Phi) is 3.90. The van der Waals surface area contributed by atoms with Crippen molar-refractivity contribution in [2.45, 2.75) is 88.9 Å². The first-order valence-electron chi connectivity index (χ1n) is 10.9. The number of imidazole rings is 1. The fourth-order valence-electron chi connectivity index (χ4n) is 8.14. The lowest BCUT2D eigenvalue weighted by atomic mass is 9.42. The molecule has 27 heavy (non-hydrogen) atoms. The van der Waals surface area contributed by atoms with Crippen LogP contribution in [0.25, 0.3) is 0 Å². The number of hydrogen-bond acceptors (Lipinski definition) is 4. The van der Waals surface area contributed by atoms with E-state index in [0.29, 0.717) is 11.8 Å². The second kappa shape index (κ2) is 5.80. The van der Waals surface area contributed by atoms with Gasteiger partial charge in [0.05, 0.1) is 24.1 Å². The van der Waals surface area contributed by atoms with Crippen molar-refractivity contribution < 1.29 is 15.3 Å². The highest BCUT2D eigenvalue weighted by Crippen LogP contribution is 2.70. The number of aromatic nitrogens is 2. The lowest BCUT2D eigenvalue weighted by molar-refractivity contribution is -0.241. The van der Waals surface area contributed by atoms with Gasteiger partial charge in [-0.05, 0) is 74.5 Å². The van der Waals surface area contributed by atoms with Gasteiger partial charge in [0.2, 0.25) is 0 Å². The minimum absolute atomic E-state index is 0.125. The van der Waals surface area contributed by atoms with E-state index in [-0.39, 0.29) is 23.4 Å². The average molecular weight is 375 g/mol. The molecule has 0 bridgehead atoms. The second-order valence-corrected chi connectivity index (χ2v) is 10.5. The second-order valence-electron chi connectivity index (χ2n) is 10.5. The van der Waals surface area contributed by atoms with Gasteiger partial charge in [-0.1, -0.05) is 13.8 Å². The van der Waals surface area contributed by atoms with Crippen molar-refractivity contribution in [2.75, 3.05) is 0 Å². The predicted octanol–water partition coefficient (Wildman–Crippen LogP) is 2.98. The van der Waals surface area contributed by atoms with Crippen molar-refractivity contribution in [3.8, 4) is 0 Å². The maximum absolute atomic E-state index is 12.1. The molecular formula is C22H34N2O3. The van der Waals surface area contributed by atoms with Gasteiger partial charge in [-0.25, -0.2) is 4.98 Å². The number of nitrogens with zero attached hydrogens (tertiary/aromatic N) is 1. The summed E-state index contributed by atoms with van der Waals surface area (Å²) in [6.45, 7) is 4.49. The zero-order valence-corrected chi connectivity index (χ0v) is 16.6. The molecule has 4 N–H and O–H groups in total. The van der Waals surface area contributed by atoms with Crippen molar-refractivity contribution in [3.63, 3.8) is 0 Å². The fourth-order valence-corrected chi connectivity index (χ4v) is 8.14. The molecule has 5 nitrogen and oxygen atoms in total. The summed E-state index contributed by atoms with van der Waals surface area (Å²) >= 11 is 0. The van der Waals surface area contributed by atoms with E-state index in [1.807, 2.05) is 6.20 Å². The van der Waals surface area contributed by atoms with Crippen molar-refractivity contribution in [2.24, 2.45) is 28.6 Å². The SMILES string of the molecule is C[C@]12[C@H](O)CC3C(CC[C@@H]4C[C@@H](O)CC[C@]34C)[C@@]1(O)CC[C@@H]2c1cnc[nH]1. The van der Waals surface area contributed by atoms with Gasteiger partial charge in [-0.15, -0.1) is 0 Å². The summed E-state index contributed by atoms with van der Waals surface area (Å²) in [5.74, 6) is 1.24. The summed E-state index contributed by atoms with van der Waals surface area (Å²) in [4.78, 5) is 7.44. The number of rotatable bonds is 1. The van der Waals surface area contributed by atoms with Gasteiger partial charge in [0.1, 0.15) is 0 Å². The summed E-state index contributed by atoms with van der Waals surface area (Å²) in [6.07, 6.45) is 10.2. The first-order valence-corrected chi connectivity index (χ1v) is 10.9. The standard InChI is InChI=1S/C22H34N2O3/c1-20-7-5-14(25)9-13(20)3-4-15-17(20)10-19(26)21(2)16(6-8-22(15,21)27)18-11-23-12-24-18/h11-17,19,25-27H,3-10H2,1-2H3,(H,23,24)/t13-,14+,15?,16-,17?,19-,20+,21+,22+/m1/s1. The van der Waals surface area contributed by atoms with Gasteiger partial charge in [0.15, 0.2) is 0 Å². The van der Waals surface area contributed by atoms with Crippen LogP contribution in [-0.2, 0) is 0 Å². The number of fused-ring (bicyclic) bond motifs is 5. The van der Waals surface area contributed by atoms with Crippen LogP contribution in [0, 0.1) is 28.6 Å². The zero-order chi connectivity index (χ0) is 19.0. The quantitative estimate of drug-likeness (QED) is 0.608. The zero-order valence-electron chi connectivity index (χ0n) is 16.6. The molecule has 1 aromatic rings. The first kappa shape index (κ1) is 18.1. The Hall–Kier alpha value is -0.910. The Morgan fingerprint density at radius 3 is 2.59 bits per heavy atom. The molecule has 0 spiro atoms. The Bertz CT molecular complexity index is 708. The lowest BCUT2D eigenvalue weighted by Crippen LogP contribution is -2.66. The van der Waals surface area contributed by atoms with Crippen LogP contribution in [0.3, 0.4) is 0 Å². The van der Waals surface area contributed by atoms with Crippen LogP contribution in [0.2, 0.25) is 0 Å². The molecule has 1 heterocycles. The molecule has 1 aromatic heterocycles. The van der Waals surface area contributed by atoms with E-state index in [0.717, 1.165) is 57.1 Å². The molecule has 0 radical (unpaired) electrons. The highest BCUT2D eigenvalue weighted by Gasteiger charge is 2.70. The predicted molar refractivity (Wildman–Crippen MR) is 102 cm³/mol. The van der Waals surface area contributed by atoms with E-state index in [1.54, 1.807) is 6.33 Å². The topological polar surface area (TPSA) is 89.4 Å². The molecule has 0 aliphatic heterocycles. The van der Waals surface area contributed by atoms with Gasteiger partial charge in [-0.2, -0.15) is 0 Å². The number of aromatic amines is 1. The van der Waals surface area contributed by atoms with E-state index < -0.39 is 17.1 Å². The highest BCUT2D eigenvalue weighted by molar-refractivity contribution is 5.26. The van der Waals surface area contributed by atoms with Crippen LogP contribution in [-0.4, -0.2) is 43.1 Å².